The summed E-state index contributed by atoms with van der Waals surface area (Å²) in [4.78, 5) is 19.5. The Morgan fingerprint density at radius 3 is 2.90 bits per heavy atom. The highest BCUT2D eigenvalue weighted by molar-refractivity contribution is 5.93. The standard InChI is InChI=1S/C23H27N5O/c1-3-14-27(16-18-8-5-4-6-9-18)23(29)22-17(2)28(26-25-22)20-11-12-21-19(15-20)10-7-13-24-21/h3,7,10-13,15,18H,1,4-6,8-9,14,16H2,2H3. The lowest BCUT2D eigenvalue weighted by Crippen LogP contribution is -2.36. The van der Waals surface area contributed by atoms with Crippen LogP contribution in [0.15, 0.2) is 49.2 Å². The van der Waals surface area contributed by atoms with E-state index < -0.39 is 0 Å². The molecule has 0 radical (unpaired) electrons. The minimum absolute atomic E-state index is 0.0679. The molecule has 3 aromatic rings. The van der Waals surface area contributed by atoms with E-state index in [0.29, 0.717) is 18.2 Å². The van der Waals surface area contributed by atoms with Crippen LogP contribution in [-0.4, -0.2) is 43.9 Å². The van der Waals surface area contributed by atoms with Crippen LogP contribution in [0.4, 0.5) is 0 Å². The van der Waals surface area contributed by atoms with Gasteiger partial charge >= 0.3 is 0 Å². The largest absolute Gasteiger partial charge is 0.333 e. The molecular weight excluding hydrogens is 362 g/mol. The molecule has 0 saturated heterocycles. The van der Waals surface area contributed by atoms with E-state index in [1.54, 1.807) is 17.0 Å². The van der Waals surface area contributed by atoms with E-state index >= 15 is 0 Å². The average molecular weight is 390 g/mol. The van der Waals surface area contributed by atoms with E-state index in [-0.39, 0.29) is 5.91 Å². The number of fused-ring (bicyclic) bond motifs is 1. The van der Waals surface area contributed by atoms with Gasteiger partial charge in [0, 0.05) is 24.7 Å². The molecule has 2 heterocycles. The number of hydrogen-bond acceptors (Lipinski definition) is 4. The van der Waals surface area contributed by atoms with Crippen LogP contribution in [0, 0.1) is 12.8 Å². The van der Waals surface area contributed by atoms with Crippen LogP contribution >= 0.6 is 0 Å². The molecule has 0 unspecified atom stereocenters. The third kappa shape index (κ3) is 4.06. The SMILES string of the molecule is C=CCN(CC1CCCCC1)C(=O)c1nnn(-c2ccc3ncccc3c2)c1C. The van der Waals surface area contributed by atoms with E-state index in [9.17, 15) is 4.79 Å². The van der Waals surface area contributed by atoms with Crippen molar-refractivity contribution in [2.75, 3.05) is 13.1 Å². The van der Waals surface area contributed by atoms with Crippen LogP contribution in [0.25, 0.3) is 16.6 Å². The first kappa shape index (κ1) is 19.3. The number of rotatable bonds is 6. The quantitative estimate of drug-likeness (QED) is 0.589. The molecule has 2 aromatic heterocycles. The van der Waals surface area contributed by atoms with Crippen LogP contribution in [0.3, 0.4) is 0 Å². The van der Waals surface area contributed by atoms with Crippen LogP contribution in [-0.2, 0) is 0 Å². The highest BCUT2D eigenvalue weighted by atomic mass is 16.2. The van der Waals surface area contributed by atoms with E-state index in [0.717, 1.165) is 28.8 Å². The summed E-state index contributed by atoms with van der Waals surface area (Å²) in [5, 5.41) is 9.54. The number of aromatic nitrogens is 4. The summed E-state index contributed by atoms with van der Waals surface area (Å²) in [6, 6.07) is 9.85. The Bertz CT molecular complexity index is 1020. The highest BCUT2D eigenvalue weighted by Gasteiger charge is 2.25. The first-order valence-corrected chi connectivity index (χ1v) is 10.3. The maximum atomic E-state index is 13.2. The Morgan fingerprint density at radius 2 is 2.10 bits per heavy atom. The molecule has 1 aliphatic rings. The molecule has 1 amide bonds. The van der Waals surface area contributed by atoms with Gasteiger partial charge in [0.1, 0.15) is 0 Å². The van der Waals surface area contributed by atoms with Crippen molar-refractivity contribution in [1.29, 1.82) is 0 Å². The topological polar surface area (TPSA) is 63.9 Å². The normalized spacial score (nSPS) is 14.8. The van der Waals surface area contributed by atoms with E-state index in [1.807, 2.05) is 42.2 Å². The van der Waals surface area contributed by atoms with Gasteiger partial charge in [-0.1, -0.05) is 36.6 Å². The summed E-state index contributed by atoms with van der Waals surface area (Å²) < 4.78 is 1.73. The number of carbonyl (C=O) groups is 1. The van der Waals surface area contributed by atoms with Crippen LogP contribution in [0.2, 0.25) is 0 Å². The molecule has 0 bridgehead atoms. The van der Waals surface area contributed by atoms with Gasteiger partial charge in [0.05, 0.1) is 16.9 Å². The zero-order valence-corrected chi connectivity index (χ0v) is 16.9. The Hall–Kier alpha value is -3.02. The molecule has 1 saturated carbocycles. The summed E-state index contributed by atoms with van der Waals surface area (Å²) in [5.41, 5.74) is 2.96. The molecule has 6 heteroatoms. The number of carbonyl (C=O) groups excluding carboxylic acids is 1. The second-order valence-corrected chi connectivity index (χ2v) is 7.82. The summed E-state index contributed by atoms with van der Waals surface area (Å²) in [7, 11) is 0. The summed E-state index contributed by atoms with van der Waals surface area (Å²) in [6.07, 6.45) is 9.77. The van der Waals surface area contributed by atoms with Gasteiger partial charge in [-0.15, -0.1) is 11.7 Å². The number of benzene rings is 1. The fraction of sp³-hybridized carbons (Fsp3) is 0.391. The molecule has 0 aliphatic heterocycles. The van der Waals surface area contributed by atoms with E-state index in [1.165, 1.54) is 32.1 Å². The molecule has 4 rings (SSSR count). The van der Waals surface area contributed by atoms with Gasteiger partial charge in [-0.2, -0.15) is 0 Å². The van der Waals surface area contributed by atoms with Gasteiger partial charge in [-0.05, 0) is 49.9 Å². The maximum Gasteiger partial charge on any atom is 0.276 e. The summed E-state index contributed by atoms with van der Waals surface area (Å²) >= 11 is 0. The van der Waals surface area contributed by atoms with Gasteiger partial charge in [0.15, 0.2) is 5.69 Å². The molecule has 0 N–H and O–H groups in total. The molecule has 29 heavy (non-hydrogen) atoms. The van der Waals surface area contributed by atoms with Gasteiger partial charge in [0.25, 0.3) is 5.91 Å². The summed E-state index contributed by atoms with van der Waals surface area (Å²) in [6.45, 7) is 7.02. The van der Waals surface area contributed by atoms with Gasteiger partial charge in [0.2, 0.25) is 0 Å². The Kier molecular flexibility index (Phi) is 5.69. The lowest BCUT2D eigenvalue weighted by molar-refractivity contribution is 0.0729. The van der Waals surface area contributed by atoms with Crippen molar-refractivity contribution in [3.05, 3.63) is 60.6 Å². The number of pyridine rings is 1. The van der Waals surface area contributed by atoms with Crippen molar-refractivity contribution in [3.8, 4) is 5.69 Å². The molecule has 150 valence electrons. The van der Waals surface area contributed by atoms with Crippen LogP contribution in [0.1, 0.15) is 48.3 Å². The predicted molar refractivity (Wildman–Crippen MR) is 114 cm³/mol. The number of hydrogen-bond donors (Lipinski definition) is 0. The van der Waals surface area contributed by atoms with Crippen molar-refractivity contribution in [2.45, 2.75) is 39.0 Å². The first-order valence-electron chi connectivity index (χ1n) is 10.3. The zero-order valence-electron chi connectivity index (χ0n) is 16.9. The maximum absolute atomic E-state index is 13.2. The van der Waals surface area contributed by atoms with Gasteiger partial charge < -0.3 is 4.90 Å². The fourth-order valence-corrected chi connectivity index (χ4v) is 4.19. The van der Waals surface area contributed by atoms with E-state index in [4.69, 9.17) is 0 Å². The van der Waals surface area contributed by atoms with Gasteiger partial charge in [-0.3, -0.25) is 9.78 Å². The second kappa shape index (κ2) is 8.55. The third-order valence-electron chi connectivity index (χ3n) is 5.77. The fourth-order valence-electron chi connectivity index (χ4n) is 4.19. The van der Waals surface area contributed by atoms with Crippen molar-refractivity contribution >= 4 is 16.8 Å². The lowest BCUT2D eigenvalue weighted by atomic mass is 9.89. The Labute approximate surface area is 171 Å². The molecule has 6 nitrogen and oxygen atoms in total. The van der Waals surface area contributed by atoms with Crippen molar-refractivity contribution < 1.29 is 4.79 Å². The Morgan fingerprint density at radius 1 is 1.28 bits per heavy atom. The number of amides is 1. The second-order valence-electron chi connectivity index (χ2n) is 7.82. The molecule has 0 spiro atoms. The summed E-state index contributed by atoms with van der Waals surface area (Å²) in [5.74, 6) is 0.498. The predicted octanol–water partition coefficient (Wildman–Crippen LogP) is 4.33. The zero-order chi connectivity index (χ0) is 20.2. The third-order valence-corrected chi connectivity index (χ3v) is 5.77. The minimum atomic E-state index is -0.0679. The lowest BCUT2D eigenvalue weighted by Gasteiger charge is -2.28. The molecule has 1 aromatic carbocycles. The molecule has 0 atom stereocenters. The van der Waals surface area contributed by atoms with Crippen LogP contribution in [0.5, 0.6) is 0 Å². The van der Waals surface area contributed by atoms with Gasteiger partial charge in [-0.25, -0.2) is 4.68 Å². The molecule has 1 fully saturated rings. The monoisotopic (exact) mass is 389 g/mol. The van der Waals surface area contributed by atoms with E-state index in [2.05, 4.69) is 21.9 Å². The highest BCUT2D eigenvalue weighted by Crippen LogP contribution is 2.25. The first-order chi connectivity index (χ1) is 14.2. The van der Waals surface area contributed by atoms with Crippen molar-refractivity contribution in [3.63, 3.8) is 0 Å². The van der Waals surface area contributed by atoms with Crippen molar-refractivity contribution in [1.82, 2.24) is 24.9 Å². The van der Waals surface area contributed by atoms with Crippen molar-refractivity contribution in [2.24, 2.45) is 5.92 Å². The van der Waals surface area contributed by atoms with Crippen LogP contribution < -0.4 is 0 Å². The molecule has 1 aliphatic carbocycles. The minimum Gasteiger partial charge on any atom is -0.333 e. The molecular formula is C23H27N5O. The average Bonchev–Trinajstić information content (AvgIpc) is 3.14. The Balaban J connectivity index is 1.59. The number of nitrogens with zero attached hydrogens (tertiary/aromatic N) is 5. The smallest absolute Gasteiger partial charge is 0.276 e.